The molecule has 6 atom stereocenters. The van der Waals surface area contributed by atoms with E-state index in [2.05, 4.69) is 26.5 Å². The van der Waals surface area contributed by atoms with E-state index in [1.165, 1.54) is 7.11 Å². The molecule has 2 amide bonds. The quantitative estimate of drug-likeness (QED) is 0.295. The van der Waals surface area contributed by atoms with Crippen molar-refractivity contribution < 1.29 is 34.0 Å². The fraction of sp³-hybridized carbons (Fsp3) is 0.432. The van der Waals surface area contributed by atoms with Crippen LogP contribution < -0.4 is 24.8 Å². The monoisotopic (exact) mass is 667 g/mol. The summed E-state index contributed by atoms with van der Waals surface area (Å²) in [6.45, 7) is 5.35. The second-order valence-corrected chi connectivity index (χ2v) is 13.5. The van der Waals surface area contributed by atoms with E-state index in [1.54, 1.807) is 13.8 Å². The molecule has 49 heavy (non-hydrogen) atoms. The van der Waals surface area contributed by atoms with Gasteiger partial charge in [0, 0.05) is 40.9 Å². The van der Waals surface area contributed by atoms with Crippen molar-refractivity contribution in [3.05, 3.63) is 75.3 Å². The number of fused-ring (bicyclic) bond motifs is 9. The summed E-state index contributed by atoms with van der Waals surface area (Å²) in [4.78, 5) is 30.6. The molecule has 0 saturated carbocycles. The summed E-state index contributed by atoms with van der Waals surface area (Å²) >= 11 is 0. The lowest BCUT2D eigenvalue weighted by Gasteiger charge is -2.60. The molecule has 7 rings (SSSR count). The van der Waals surface area contributed by atoms with Crippen LogP contribution in [0.3, 0.4) is 0 Å². The van der Waals surface area contributed by atoms with Crippen molar-refractivity contribution in [2.75, 3.05) is 27.5 Å². The van der Waals surface area contributed by atoms with Crippen LogP contribution in [0.25, 0.3) is 0 Å². The summed E-state index contributed by atoms with van der Waals surface area (Å²) in [5.41, 5.74) is 5.23. The summed E-state index contributed by atoms with van der Waals surface area (Å²) in [5, 5.41) is 39.9. The third-order valence-corrected chi connectivity index (χ3v) is 10.7. The average molecular weight is 668 g/mol. The van der Waals surface area contributed by atoms with Gasteiger partial charge in [0.25, 0.3) is 0 Å². The Labute approximate surface area is 285 Å². The fourth-order valence-electron chi connectivity index (χ4n) is 8.53. The molecule has 1 unspecified atom stereocenters. The molecular formula is C37H41N5O7. The smallest absolute Gasteiger partial charge is 0.242 e. The third kappa shape index (κ3) is 5.19. The van der Waals surface area contributed by atoms with Crippen LogP contribution in [0.4, 0.5) is 0 Å². The number of amides is 2. The number of piperazine rings is 1. The zero-order chi connectivity index (χ0) is 34.7. The lowest BCUT2D eigenvalue weighted by atomic mass is 9.71. The van der Waals surface area contributed by atoms with Crippen molar-refractivity contribution in [1.82, 2.24) is 20.4 Å². The first-order valence-corrected chi connectivity index (χ1v) is 16.6. The number of ether oxygens (including phenoxy) is 3. The standard InChI is InChI=1S/C37H41N5O7/c1-18-11-22-13-24-26(15-38)42-25(31(41(24)4)29(22)33(45)34(18)47-5)14-23-30(36-35(48-17-49-36)19(2)32(23)44)27(42)16-39-37(46)20(3)40-28(43)12-21-9-7-6-8-10-21/h6-11,20,24-27,31,44-45H,12-14,16-17H2,1-5H3,(H,39,46)(H,40,43)/t20-,24-,25?,26-,27-,31-/m0/s1. The number of hydrogen-bond acceptors (Lipinski definition) is 10. The first-order chi connectivity index (χ1) is 23.5. The maximum Gasteiger partial charge on any atom is 0.242 e. The molecule has 256 valence electrons. The fourth-order valence-corrected chi connectivity index (χ4v) is 8.53. The van der Waals surface area contributed by atoms with Crippen LogP contribution >= 0.6 is 0 Å². The molecule has 4 N–H and O–H groups in total. The summed E-state index contributed by atoms with van der Waals surface area (Å²) in [6.07, 6.45) is 1.02. The predicted molar refractivity (Wildman–Crippen MR) is 179 cm³/mol. The Morgan fingerprint density at radius 1 is 1.08 bits per heavy atom. The Bertz CT molecular complexity index is 1880. The Balaban J connectivity index is 1.27. The highest BCUT2D eigenvalue weighted by Crippen LogP contribution is 2.58. The van der Waals surface area contributed by atoms with Crippen molar-refractivity contribution >= 4 is 11.8 Å². The van der Waals surface area contributed by atoms with Crippen LogP contribution in [0.1, 0.15) is 58.0 Å². The number of aromatic hydroxyl groups is 2. The first-order valence-electron chi connectivity index (χ1n) is 16.6. The van der Waals surface area contributed by atoms with Gasteiger partial charge in [-0.2, -0.15) is 5.26 Å². The van der Waals surface area contributed by atoms with E-state index in [-0.39, 0.29) is 61.2 Å². The predicted octanol–water partition coefficient (Wildman–Crippen LogP) is 3.09. The van der Waals surface area contributed by atoms with Crippen molar-refractivity contribution in [2.45, 2.75) is 76.3 Å². The summed E-state index contributed by atoms with van der Waals surface area (Å²) in [5.74, 6) is 0.835. The number of carbonyl (C=O) groups excluding carboxylic acids is 2. The van der Waals surface area contributed by atoms with Crippen molar-refractivity contribution in [3.8, 4) is 34.8 Å². The number of likely N-dealkylation sites (N-methyl/N-ethyl adjacent to an activating group) is 1. The van der Waals surface area contributed by atoms with E-state index in [1.807, 2.05) is 50.4 Å². The molecule has 12 heteroatoms. The maximum atomic E-state index is 13.5. The van der Waals surface area contributed by atoms with E-state index in [0.29, 0.717) is 46.8 Å². The minimum Gasteiger partial charge on any atom is -0.507 e. The van der Waals surface area contributed by atoms with Crippen LogP contribution in [0.5, 0.6) is 28.7 Å². The number of nitrogens with one attached hydrogen (secondary N) is 2. The second kappa shape index (κ2) is 12.5. The Kier molecular flexibility index (Phi) is 8.29. The molecular weight excluding hydrogens is 626 g/mol. The van der Waals surface area contributed by atoms with Gasteiger partial charge in [-0.15, -0.1) is 0 Å². The summed E-state index contributed by atoms with van der Waals surface area (Å²) < 4.78 is 17.5. The Morgan fingerprint density at radius 2 is 1.82 bits per heavy atom. The molecule has 0 radical (unpaired) electrons. The van der Waals surface area contributed by atoms with Gasteiger partial charge in [0.05, 0.1) is 31.7 Å². The molecule has 0 aromatic heterocycles. The molecule has 4 aliphatic heterocycles. The van der Waals surface area contributed by atoms with Gasteiger partial charge in [0.1, 0.15) is 17.8 Å². The molecule has 0 spiro atoms. The topological polar surface area (TPSA) is 157 Å². The van der Waals surface area contributed by atoms with Crippen molar-refractivity contribution in [2.24, 2.45) is 0 Å². The van der Waals surface area contributed by atoms with Crippen LogP contribution in [0, 0.1) is 25.2 Å². The molecule has 12 nitrogen and oxygen atoms in total. The highest BCUT2D eigenvalue weighted by atomic mass is 16.7. The number of phenolic OH excluding ortho intramolecular Hbond substituents is 2. The van der Waals surface area contributed by atoms with Crippen molar-refractivity contribution in [3.63, 3.8) is 0 Å². The normalized spacial score (nSPS) is 24.1. The van der Waals surface area contributed by atoms with Crippen LogP contribution in [0.2, 0.25) is 0 Å². The lowest BCUT2D eigenvalue weighted by molar-refractivity contribution is -0.128. The SMILES string of the molecule is COc1c(C)cc2c(c1O)[C@@H]1C3Cc4c(O)c(C)c5c(c4[C@H](CNC(=O)[C@H](C)NC(=O)Cc4ccccc4)N3[C@@H](C#N)[C@H](C2)N1C)OCO5. The minimum atomic E-state index is -0.829. The van der Waals surface area contributed by atoms with Gasteiger partial charge in [-0.05, 0) is 57.4 Å². The number of rotatable bonds is 7. The van der Waals surface area contributed by atoms with Gasteiger partial charge in [0.15, 0.2) is 23.0 Å². The van der Waals surface area contributed by atoms with Crippen LogP contribution in [0.15, 0.2) is 36.4 Å². The second-order valence-electron chi connectivity index (χ2n) is 13.5. The average Bonchev–Trinajstić information content (AvgIpc) is 3.57. The molecule has 1 saturated heterocycles. The van der Waals surface area contributed by atoms with Crippen molar-refractivity contribution in [1.29, 1.82) is 5.26 Å². The number of carbonyl (C=O) groups is 2. The third-order valence-electron chi connectivity index (χ3n) is 10.7. The molecule has 3 aromatic rings. The van der Waals surface area contributed by atoms with Gasteiger partial charge in [0.2, 0.25) is 18.6 Å². The zero-order valence-electron chi connectivity index (χ0n) is 28.2. The molecule has 2 bridgehead atoms. The molecule has 1 fully saturated rings. The Hall–Kier alpha value is -4.99. The van der Waals surface area contributed by atoms with Gasteiger partial charge in [-0.1, -0.05) is 36.4 Å². The number of aryl methyl sites for hydroxylation is 1. The van der Waals surface area contributed by atoms with Gasteiger partial charge in [-0.3, -0.25) is 19.4 Å². The molecule has 4 heterocycles. The van der Waals surface area contributed by atoms with Gasteiger partial charge < -0.3 is 35.1 Å². The number of benzene rings is 3. The Morgan fingerprint density at radius 3 is 2.53 bits per heavy atom. The number of nitrogens with zero attached hydrogens (tertiary/aromatic N) is 3. The molecule has 3 aromatic carbocycles. The number of hydrogen-bond donors (Lipinski definition) is 4. The number of methoxy groups -OCH3 is 1. The van der Waals surface area contributed by atoms with E-state index in [9.17, 15) is 25.1 Å². The van der Waals surface area contributed by atoms with Crippen LogP contribution in [-0.2, 0) is 28.9 Å². The van der Waals surface area contributed by atoms with Gasteiger partial charge >= 0.3 is 0 Å². The highest BCUT2D eigenvalue weighted by molar-refractivity contribution is 5.88. The number of nitriles is 1. The summed E-state index contributed by atoms with van der Waals surface area (Å²) in [7, 11) is 3.51. The van der Waals surface area contributed by atoms with E-state index in [4.69, 9.17) is 14.2 Å². The van der Waals surface area contributed by atoms with Gasteiger partial charge in [-0.25, -0.2) is 0 Å². The largest absolute Gasteiger partial charge is 0.507 e. The lowest BCUT2D eigenvalue weighted by Crippen LogP contribution is -2.68. The van der Waals surface area contributed by atoms with E-state index >= 15 is 0 Å². The minimum absolute atomic E-state index is 0.0187. The summed E-state index contributed by atoms with van der Waals surface area (Å²) in [6, 6.07) is 10.9. The molecule has 4 aliphatic rings. The maximum absolute atomic E-state index is 13.5. The highest BCUT2D eigenvalue weighted by Gasteiger charge is 2.56. The van der Waals surface area contributed by atoms with E-state index < -0.39 is 18.1 Å². The van der Waals surface area contributed by atoms with E-state index in [0.717, 1.165) is 22.3 Å². The number of phenols is 2. The molecule has 0 aliphatic carbocycles. The zero-order valence-corrected chi connectivity index (χ0v) is 28.2. The van der Waals surface area contributed by atoms with Crippen LogP contribution in [-0.4, -0.2) is 83.5 Å². The first kappa shape index (κ1) is 32.6.